The van der Waals surface area contributed by atoms with Crippen molar-refractivity contribution in [2.45, 2.75) is 46.1 Å². The Bertz CT molecular complexity index is 233. The van der Waals surface area contributed by atoms with Gasteiger partial charge >= 0.3 is 0 Å². The molecule has 2 fully saturated rings. The van der Waals surface area contributed by atoms with Crippen LogP contribution < -0.4 is 0 Å². The molecule has 1 heteroatoms. The van der Waals surface area contributed by atoms with Crippen LogP contribution in [-0.4, -0.2) is 30.2 Å². The average molecular weight is 182 g/mol. The number of quaternary nitrogens is 1. The van der Waals surface area contributed by atoms with Gasteiger partial charge in [-0.25, -0.2) is 0 Å². The quantitative estimate of drug-likeness (QED) is 0.547. The Hall–Kier alpha value is -0.0400. The maximum absolute atomic E-state index is 2.52. The SMILES string of the molecule is CC[N+]1(C)CC2CCC1(C)C2(C)C. The van der Waals surface area contributed by atoms with Crippen LogP contribution >= 0.6 is 0 Å². The van der Waals surface area contributed by atoms with Crippen LogP contribution in [0.5, 0.6) is 0 Å². The molecule has 2 bridgehead atoms. The highest BCUT2D eigenvalue weighted by Crippen LogP contribution is 2.61. The molecular formula is C12H24N+. The van der Waals surface area contributed by atoms with Crippen LogP contribution in [0.3, 0.4) is 0 Å². The van der Waals surface area contributed by atoms with Crippen LogP contribution in [0.4, 0.5) is 0 Å². The molecule has 0 amide bonds. The zero-order valence-corrected chi connectivity index (χ0v) is 9.85. The molecule has 1 saturated carbocycles. The Labute approximate surface area is 82.7 Å². The van der Waals surface area contributed by atoms with Gasteiger partial charge in [-0.3, -0.25) is 0 Å². The van der Waals surface area contributed by atoms with Crippen molar-refractivity contribution in [3.05, 3.63) is 0 Å². The van der Waals surface area contributed by atoms with E-state index in [1.54, 1.807) is 0 Å². The predicted molar refractivity (Wildman–Crippen MR) is 56.5 cm³/mol. The van der Waals surface area contributed by atoms with Crippen molar-refractivity contribution >= 4 is 0 Å². The summed E-state index contributed by atoms with van der Waals surface area (Å²) in [5.74, 6) is 0.974. The molecule has 0 aromatic heterocycles. The lowest BCUT2D eigenvalue weighted by Gasteiger charge is -2.48. The summed E-state index contributed by atoms with van der Waals surface area (Å²) in [6, 6.07) is 0. The van der Waals surface area contributed by atoms with E-state index in [0.717, 1.165) is 5.92 Å². The lowest BCUT2D eigenvalue weighted by molar-refractivity contribution is -0.951. The molecule has 0 spiro atoms. The zero-order chi connectivity index (χ0) is 9.91. The second-order valence-electron chi connectivity index (χ2n) is 6.13. The van der Waals surface area contributed by atoms with Gasteiger partial charge in [-0.2, -0.15) is 0 Å². The van der Waals surface area contributed by atoms with Crippen LogP contribution in [-0.2, 0) is 0 Å². The molecule has 1 nitrogen and oxygen atoms in total. The van der Waals surface area contributed by atoms with Crippen LogP contribution in [0.1, 0.15) is 40.5 Å². The molecule has 13 heavy (non-hydrogen) atoms. The van der Waals surface area contributed by atoms with E-state index in [1.807, 2.05) is 0 Å². The van der Waals surface area contributed by atoms with E-state index in [-0.39, 0.29) is 0 Å². The number of fused-ring (bicyclic) bond motifs is 2. The highest BCUT2D eigenvalue weighted by Gasteiger charge is 2.68. The number of rotatable bonds is 1. The average Bonchev–Trinajstić information content (AvgIpc) is 2.36. The minimum atomic E-state index is 0.548. The maximum atomic E-state index is 2.52. The van der Waals surface area contributed by atoms with Crippen LogP contribution in [0.25, 0.3) is 0 Å². The summed E-state index contributed by atoms with van der Waals surface area (Å²) in [7, 11) is 2.46. The van der Waals surface area contributed by atoms with Gasteiger partial charge in [0.15, 0.2) is 0 Å². The van der Waals surface area contributed by atoms with Gasteiger partial charge in [0.25, 0.3) is 0 Å². The van der Waals surface area contributed by atoms with E-state index >= 15 is 0 Å². The molecule has 0 radical (unpaired) electrons. The fourth-order valence-electron chi connectivity index (χ4n) is 4.03. The highest BCUT2D eigenvalue weighted by atomic mass is 15.4. The van der Waals surface area contributed by atoms with E-state index in [4.69, 9.17) is 0 Å². The van der Waals surface area contributed by atoms with E-state index < -0.39 is 0 Å². The molecule has 1 aliphatic heterocycles. The standard InChI is InChI=1S/C12H24N/c1-6-13(5)9-10-7-8-12(13,4)11(10,2)3/h10H,6-9H2,1-5H3/q+1. The van der Waals surface area contributed by atoms with Gasteiger partial charge in [0.05, 0.1) is 20.1 Å². The molecular weight excluding hydrogens is 158 g/mol. The molecule has 0 aromatic carbocycles. The third kappa shape index (κ3) is 0.823. The molecule has 1 aliphatic carbocycles. The summed E-state index contributed by atoms with van der Waals surface area (Å²) in [5.41, 5.74) is 1.12. The van der Waals surface area contributed by atoms with Crippen molar-refractivity contribution in [2.24, 2.45) is 11.3 Å². The molecule has 3 unspecified atom stereocenters. The minimum absolute atomic E-state index is 0.548. The molecule has 2 aliphatic rings. The molecule has 1 heterocycles. The van der Waals surface area contributed by atoms with Crippen LogP contribution in [0.2, 0.25) is 0 Å². The number of likely N-dealkylation sites (tertiary alicyclic amines) is 1. The van der Waals surface area contributed by atoms with Crippen molar-refractivity contribution in [3.63, 3.8) is 0 Å². The zero-order valence-electron chi connectivity index (χ0n) is 9.85. The highest BCUT2D eigenvalue weighted by molar-refractivity contribution is 5.07. The van der Waals surface area contributed by atoms with E-state index in [1.165, 1.54) is 30.4 Å². The first-order chi connectivity index (χ1) is 5.87. The number of hydrogen-bond acceptors (Lipinski definition) is 0. The molecule has 2 rings (SSSR count). The molecule has 76 valence electrons. The Morgan fingerprint density at radius 3 is 2.15 bits per heavy atom. The Kier molecular flexibility index (Phi) is 1.69. The van der Waals surface area contributed by atoms with Crippen LogP contribution in [0.15, 0.2) is 0 Å². The van der Waals surface area contributed by atoms with Crippen molar-refractivity contribution in [3.8, 4) is 0 Å². The monoisotopic (exact) mass is 182 g/mol. The fraction of sp³-hybridized carbons (Fsp3) is 1.00. The predicted octanol–water partition coefficient (Wildman–Crippen LogP) is 2.66. The lowest BCUT2D eigenvalue weighted by atomic mass is 9.74. The Morgan fingerprint density at radius 2 is 1.92 bits per heavy atom. The lowest BCUT2D eigenvalue weighted by Crippen LogP contribution is -2.60. The summed E-state index contributed by atoms with van der Waals surface area (Å²) in [4.78, 5) is 0. The van der Waals surface area contributed by atoms with Crippen molar-refractivity contribution in [2.75, 3.05) is 20.1 Å². The van der Waals surface area contributed by atoms with Crippen molar-refractivity contribution < 1.29 is 4.48 Å². The summed E-state index contributed by atoms with van der Waals surface area (Å²) in [5, 5.41) is 0. The van der Waals surface area contributed by atoms with Gasteiger partial charge in [0.1, 0.15) is 5.54 Å². The number of hydrogen-bond donors (Lipinski definition) is 0. The summed E-state index contributed by atoms with van der Waals surface area (Å²) in [6.07, 6.45) is 2.91. The second-order valence-corrected chi connectivity index (χ2v) is 6.13. The van der Waals surface area contributed by atoms with E-state index in [9.17, 15) is 0 Å². The minimum Gasteiger partial charge on any atom is -0.321 e. The number of piperidine rings is 1. The van der Waals surface area contributed by atoms with Gasteiger partial charge in [0, 0.05) is 17.8 Å². The topological polar surface area (TPSA) is 0 Å². The summed E-state index contributed by atoms with van der Waals surface area (Å²) in [6.45, 7) is 12.6. The van der Waals surface area contributed by atoms with Crippen LogP contribution in [0, 0.1) is 11.3 Å². The van der Waals surface area contributed by atoms with Gasteiger partial charge in [-0.15, -0.1) is 0 Å². The third-order valence-corrected chi connectivity index (χ3v) is 5.90. The van der Waals surface area contributed by atoms with Gasteiger partial charge < -0.3 is 4.48 Å². The Balaban J connectivity index is 2.44. The van der Waals surface area contributed by atoms with E-state index in [2.05, 4.69) is 34.7 Å². The van der Waals surface area contributed by atoms with Gasteiger partial charge in [0.2, 0.25) is 0 Å². The molecule has 3 atom stereocenters. The van der Waals surface area contributed by atoms with Crippen molar-refractivity contribution in [1.82, 2.24) is 0 Å². The summed E-state index contributed by atoms with van der Waals surface area (Å²) >= 11 is 0. The first-order valence-electron chi connectivity index (χ1n) is 5.72. The van der Waals surface area contributed by atoms with Gasteiger partial charge in [-0.1, -0.05) is 13.8 Å². The fourth-order valence-corrected chi connectivity index (χ4v) is 4.03. The maximum Gasteiger partial charge on any atom is 0.102 e. The smallest absolute Gasteiger partial charge is 0.102 e. The van der Waals surface area contributed by atoms with E-state index in [0.29, 0.717) is 11.0 Å². The first-order valence-corrected chi connectivity index (χ1v) is 5.72. The molecule has 0 aromatic rings. The molecule has 1 saturated heterocycles. The summed E-state index contributed by atoms with van der Waals surface area (Å²) < 4.78 is 1.31. The largest absolute Gasteiger partial charge is 0.321 e. The number of nitrogens with zero attached hydrogens (tertiary/aromatic N) is 1. The van der Waals surface area contributed by atoms with Gasteiger partial charge in [-0.05, 0) is 20.3 Å². The Morgan fingerprint density at radius 1 is 1.31 bits per heavy atom. The third-order valence-electron chi connectivity index (χ3n) is 5.90. The van der Waals surface area contributed by atoms with Crippen molar-refractivity contribution in [1.29, 1.82) is 0 Å². The normalized spacial score (nSPS) is 52.8. The molecule has 0 N–H and O–H groups in total. The second kappa shape index (κ2) is 2.31. The first kappa shape index (κ1) is 9.51.